The number of fused-ring (bicyclic) bond motifs is 1. The summed E-state index contributed by atoms with van der Waals surface area (Å²) in [7, 11) is 0. The van der Waals surface area contributed by atoms with Gasteiger partial charge in [-0.1, -0.05) is 54.1 Å². The topological polar surface area (TPSA) is 97.2 Å². The fourth-order valence-electron chi connectivity index (χ4n) is 5.69. The van der Waals surface area contributed by atoms with Gasteiger partial charge in [0.2, 0.25) is 0 Å². The Bertz CT molecular complexity index is 1920. The lowest BCUT2D eigenvalue weighted by Crippen LogP contribution is -2.47. The maximum atomic E-state index is 15.6. The van der Waals surface area contributed by atoms with Crippen LogP contribution in [-0.2, 0) is 22.6 Å². The number of hydrazine groups is 1. The van der Waals surface area contributed by atoms with Gasteiger partial charge in [0.25, 0.3) is 5.91 Å². The van der Waals surface area contributed by atoms with Gasteiger partial charge in [-0.15, -0.1) is 0 Å². The van der Waals surface area contributed by atoms with Crippen LogP contribution in [0.2, 0.25) is 5.02 Å². The van der Waals surface area contributed by atoms with E-state index < -0.39 is 11.9 Å². The van der Waals surface area contributed by atoms with Gasteiger partial charge in [-0.2, -0.15) is 0 Å². The molecular weight excluding hydrogens is 581 g/mol. The molecule has 1 fully saturated rings. The molecule has 1 N–H and O–H groups in total. The Morgan fingerprint density at radius 2 is 1.75 bits per heavy atom. The molecule has 10 heteroatoms. The highest BCUT2D eigenvalue weighted by Gasteiger charge is 2.34. The van der Waals surface area contributed by atoms with Gasteiger partial charge in [0.15, 0.2) is 11.6 Å². The van der Waals surface area contributed by atoms with Gasteiger partial charge >= 0.3 is 0 Å². The molecule has 1 aliphatic heterocycles. The number of aromatic nitrogens is 3. The number of hydrogen-bond acceptors (Lipinski definition) is 6. The molecule has 1 amide bonds. The number of halogens is 2. The molecule has 1 aliphatic rings. The molecule has 3 aromatic carbocycles. The Labute approximate surface area is 258 Å². The number of aryl methyl sites for hydroxylation is 1. The third kappa shape index (κ3) is 5.64. The van der Waals surface area contributed by atoms with Crippen LogP contribution in [-0.4, -0.2) is 49.6 Å². The number of benzene rings is 3. The average molecular weight is 610 g/mol. The second kappa shape index (κ2) is 12.1. The number of ketones is 2. The van der Waals surface area contributed by atoms with Crippen molar-refractivity contribution in [1.29, 1.82) is 0 Å². The molecule has 1 atom stereocenters. The Hall–Kier alpha value is -4.73. The molecule has 44 heavy (non-hydrogen) atoms. The quantitative estimate of drug-likeness (QED) is 0.217. The van der Waals surface area contributed by atoms with Crippen molar-refractivity contribution in [1.82, 2.24) is 25.0 Å². The van der Waals surface area contributed by atoms with Gasteiger partial charge in [-0.25, -0.2) is 19.8 Å². The third-order valence-corrected chi connectivity index (χ3v) is 8.27. The second-order valence-electron chi connectivity index (χ2n) is 10.9. The molecule has 1 saturated heterocycles. The molecule has 0 aliphatic carbocycles. The van der Waals surface area contributed by atoms with Crippen LogP contribution < -0.4 is 5.43 Å². The summed E-state index contributed by atoms with van der Waals surface area (Å²) < 4.78 is 17.3. The third-order valence-electron chi connectivity index (χ3n) is 7.94. The minimum absolute atomic E-state index is 0.0934. The smallest absolute Gasteiger partial charge is 0.257 e. The summed E-state index contributed by atoms with van der Waals surface area (Å²) in [5, 5.41) is 2.46. The van der Waals surface area contributed by atoms with E-state index >= 15 is 4.39 Å². The normalized spacial score (nSPS) is 14.7. The highest BCUT2D eigenvalue weighted by Crippen LogP contribution is 2.32. The highest BCUT2D eigenvalue weighted by molar-refractivity contribution is 6.33. The van der Waals surface area contributed by atoms with E-state index in [1.807, 2.05) is 25.1 Å². The first-order valence-corrected chi connectivity index (χ1v) is 14.6. The molecule has 6 rings (SSSR count). The number of amides is 1. The van der Waals surface area contributed by atoms with Crippen LogP contribution in [0.4, 0.5) is 4.39 Å². The summed E-state index contributed by atoms with van der Waals surface area (Å²) in [5.41, 5.74) is 6.98. The molecule has 0 radical (unpaired) electrons. The van der Waals surface area contributed by atoms with Gasteiger partial charge in [0, 0.05) is 69.7 Å². The molecule has 0 saturated carbocycles. The summed E-state index contributed by atoms with van der Waals surface area (Å²) in [6.07, 6.45) is 5.36. The van der Waals surface area contributed by atoms with Gasteiger partial charge in [0.1, 0.15) is 24.2 Å². The fraction of sp³-hybridized carbons (Fsp3) is 0.206. The lowest BCUT2D eigenvalue weighted by atomic mass is 9.97. The first kappa shape index (κ1) is 29.3. The van der Waals surface area contributed by atoms with E-state index in [4.69, 9.17) is 11.6 Å². The molecule has 3 heterocycles. The van der Waals surface area contributed by atoms with Gasteiger partial charge in [-0.05, 0) is 49.6 Å². The van der Waals surface area contributed by atoms with E-state index in [0.29, 0.717) is 51.4 Å². The summed E-state index contributed by atoms with van der Waals surface area (Å²) in [5.74, 6) is -0.594. The zero-order chi connectivity index (χ0) is 31.0. The number of Topliss-reactive ketones (excluding diaryl/α,β-unsaturated/α-hetero) is 2. The number of carbonyl (C=O) groups excluding carboxylic acids is 3. The SMILES string of the molecule is CC(=O)c1cn(CC(=O)N2NCCC2C(=O)Cc2cccc(-c3ccccc3Cl)c2F)c2ccc(-c3cnc(C)nc3)cc12. The largest absolute Gasteiger partial charge is 0.337 e. The Balaban J connectivity index is 1.23. The number of hydrogen-bond donors (Lipinski definition) is 1. The number of rotatable bonds is 8. The van der Waals surface area contributed by atoms with Crippen molar-refractivity contribution in [3.63, 3.8) is 0 Å². The second-order valence-corrected chi connectivity index (χ2v) is 11.3. The van der Waals surface area contributed by atoms with Gasteiger partial charge < -0.3 is 4.57 Å². The fourth-order valence-corrected chi connectivity index (χ4v) is 5.93. The molecule has 0 spiro atoms. The molecule has 222 valence electrons. The minimum atomic E-state index is -0.756. The van der Waals surface area contributed by atoms with Crippen LogP contribution in [0.1, 0.15) is 35.1 Å². The molecule has 8 nitrogen and oxygen atoms in total. The van der Waals surface area contributed by atoms with Crippen molar-refractivity contribution in [2.45, 2.75) is 39.3 Å². The zero-order valence-corrected chi connectivity index (χ0v) is 24.9. The van der Waals surface area contributed by atoms with E-state index in [1.54, 1.807) is 65.6 Å². The van der Waals surface area contributed by atoms with Crippen molar-refractivity contribution < 1.29 is 18.8 Å². The average Bonchev–Trinajstić information content (AvgIpc) is 3.65. The molecule has 5 aromatic rings. The Morgan fingerprint density at radius 1 is 1.00 bits per heavy atom. The lowest BCUT2D eigenvalue weighted by molar-refractivity contribution is -0.140. The van der Waals surface area contributed by atoms with Crippen LogP contribution in [0.15, 0.2) is 79.3 Å². The summed E-state index contributed by atoms with van der Waals surface area (Å²) >= 11 is 6.30. The molecule has 2 aromatic heterocycles. The van der Waals surface area contributed by atoms with Crippen molar-refractivity contribution >= 4 is 40.0 Å². The van der Waals surface area contributed by atoms with Gasteiger partial charge in [0.05, 0.1) is 0 Å². The Kier molecular flexibility index (Phi) is 8.07. The molecular formula is C34H29ClFN5O3. The van der Waals surface area contributed by atoms with Gasteiger partial charge in [-0.3, -0.25) is 19.4 Å². The van der Waals surface area contributed by atoms with E-state index in [0.717, 1.165) is 11.1 Å². The monoisotopic (exact) mass is 609 g/mol. The van der Waals surface area contributed by atoms with E-state index in [1.165, 1.54) is 11.9 Å². The lowest BCUT2D eigenvalue weighted by Gasteiger charge is -2.24. The van der Waals surface area contributed by atoms with Crippen molar-refractivity contribution in [3.8, 4) is 22.3 Å². The number of nitrogens with zero attached hydrogens (tertiary/aromatic N) is 4. The summed E-state index contributed by atoms with van der Waals surface area (Å²) in [6.45, 7) is 3.63. The molecule has 1 unspecified atom stereocenters. The minimum Gasteiger partial charge on any atom is -0.337 e. The first-order valence-electron chi connectivity index (χ1n) is 14.2. The van der Waals surface area contributed by atoms with Crippen LogP contribution >= 0.6 is 11.6 Å². The maximum absolute atomic E-state index is 15.6. The predicted octanol–water partition coefficient (Wildman–Crippen LogP) is 5.99. The van der Waals surface area contributed by atoms with E-state index in [9.17, 15) is 14.4 Å². The Morgan fingerprint density at radius 3 is 2.50 bits per heavy atom. The van der Waals surface area contributed by atoms with Crippen molar-refractivity contribution in [2.75, 3.05) is 6.54 Å². The van der Waals surface area contributed by atoms with Crippen LogP contribution in [0.5, 0.6) is 0 Å². The zero-order valence-electron chi connectivity index (χ0n) is 24.2. The van der Waals surface area contributed by atoms with Crippen molar-refractivity contribution in [2.24, 2.45) is 0 Å². The first-order chi connectivity index (χ1) is 21.2. The number of carbonyl (C=O) groups is 3. The van der Waals surface area contributed by atoms with E-state index in [-0.39, 0.29) is 36.0 Å². The summed E-state index contributed by atoms with van der Waals surface area (Å²) in [4.78, 5) is 48.1. The van der Waals surface area contributed by atoms with Crippen LogP contribution in [0, 0.1) is 12.7 Å². The molecule has 0 bridgehead atoms. The standard InChI is InChI=1S/C34H29ClFN5O3/c1-20(42)28-18-40(30-11-10-22(14-27(28)30)24-16-37-21(2)38-17-24)19-33(44)41-31(12-13-39-41)32(43)15-23-6-5-8-26(34(23)36)25-7-3-4-9-29(25)35/h3-11,14,16-18,31,39H,12-13,15,19H2,1-2H3. The predicted molar refractivity (Wildman–Crippen MR) is 167 cm³/mol. The van der Waals surface area contributed by atoms with E-state index in [2.05, 4.69) is 15.4 Å². The maximum Gasteiger partial charge on any atom is 0.257 e. The van der Waals surface area contributed by atoms with Crippen LogP contribution in [0.3, 0.4) is 0 Å². The number of nitrogens with one attached hydrogen (secondary N) is 1. The van der Waals surface area contributed by atoms with Crippen LogP contribution in [0.25, 0.3) is 33.2 Å². The highest BCUT2D eigenvalue weighted by atomic mass is 35.5. The van der Waals surface area contributed by atoms with Crippen molar-refractivity contribution in [3.05, 3.63) is 107 Å². The summed E-state index contributed by atoms with van der Waals surface area (Å²) in [6, 6.07) is 16.8.